The Morgan fingerprint density at radius 2 is 1.91 bits per heavy atom. The Bertz CT molecular complexity index is 1250. The van der Waals surface area contributed by atoms with Crippen molar-refractivity contribution in [1.82, 2.24) is 9.88 Å². The molecule has 2 aromatic rings. The Balaban J connectivity index is 1.48. The molecule has 3 heterocycles. The average molecular weight is 487 g/mol. The number of imide groups is 1. The number of benzene rings is 1. The van der Waals surface area contributed by atoms with Crippen LogP contribution in [0.1, 0.15) is 29.7 Å². The molecule has 0 radical (unpaired) electrons. The number of carboxylic acids is 1. The molecule has 0 unspecified atom stereocenters. The van der Waals surface area contributed by atoms with Crippen LogP contribution in [-0.2, 0) is 14.4 Å². The van der Waals surface area contributed by atoms with Crippen molar-refractivity contribution in [3.63, 3.8) is 0 Å². The van der Waals surface area contributed by atoms with Crippen LogP contribution in [0.4, 0.5) is 0 Å². The largest absolute Gasteiger partial charge is 0.497 e. The number of fused-ring (bicyclic) bond motifs is 9. The van der Waals surface area contributed by atoms with E-state index in [1.165, 1.54) is 11.3 Å². The molecule has 0 spiro atoms. The lowest BCUT2D eigenvalue weighted by atomic mass is 9.63. The van der Waals surface area contributed by atoms with Gasteiger partial charge in [0.15, 0.2) is 0 Å². The first-order chi connectivity index (χ1) is 15.7. The number of H-pyrrole nitrogens is 1. The Hall–Kier alpha value is -2.59. The van der Waals surface area contributed by atoms with Gasteiger partial charge in [0, 0.05) is 15.5 Å². The molecule has 1 aromatic carbocycles. The van der Waals surface area contributed by atoms with Crippen molar-refractivity contribution in [1.29, 1.82) is 0 Å². The van der Waals surface area contributed by atoms with E-state index in [2.05, 4.69) is 11.9 Å². The summed E-state index contributed by atoms with van der Waals surface area (Å²) >= 11 is 2.83. The quantitative estimate of drug-likeness (QED) is 0.638. The van der Waals surface area contributed by atoms with Gasteiger partial charge in [-0.05, 0) is 48.8 Å². The van der Waals surface area contributed by atoms with Crippen molar-refractivity contribution in [2.75, 3.05) is 13.7 Å². The minimum absolute atomic E-state index is 0.0441. The number of hydrogen-bond acceptors (Lipinski definition) is 7. The first-order valence-corrected chi connectivity index (χ1v) is 12.5. The fourth-order valence-corrected chi connectivity index (χ4v) is 9.91. The molecule has 3 fully saturated rings. The third-order valence-electron chi connectivity index (χ3n) is 8.14. The molecule has 4 aliphatic rings. The van der Waals surface area contributed by atoms with Crippen molar-refractivity contribution >= 4 is 40.9 Å². The molecule has 172 valence electrons. The second-order valence-corrected chi connectivity index (χ2v) is 12.0. The van der Waals surface area contributed by atoms with Crippen LogP contribution in [0.15, 0.2) is 34.1 Å². The Kier molecular flexibility index (Phi) is 4.42. The molecule has 1 aromatic heterocycles. The number of carboxylic acid groups (broad SMARTS) is 1. The van der Waals surface area contributed by atoms with Gasteiger partial charge in [0.05, 0.1) is 24.0 Å². The van der Waals surface area contributed by atoms with Crippen LogP contribution in [0, 0.1) is 29.6 Å². The highest BCUT2D eigenvalue weighted by Gasteiger charge is 2.73. The van der Waals surface area contributed by atoms with E-state index in [-0.39, 0.29) is 45.1 Å². The zero-order chi connectivity index (χ0) is 23.2. The average Bonchev–Trinajstić information content (AvgIpc) is 3.48. The SMILES string of the molecule is COc1ccc([C@@H]2c3sc(=O)[nH]c3S[C@@]3(C)[C@H]2[C@H]2C[C@H]3[C@@H]3C(=O)N(CC(=O)O)C(=O)[C@@H]23)cc1. The van der Waals surface area contributed by atoms with Gasteiger partial charge in [-0.3, -0.25) is 24.1 Å². The Morgan fingerprint density at radius 3 is 2.58 bits per heavy atom. The molecule has 7 atom stereocenters. The lowest BCUT2D eigenvalue weighted by molar-refractivity contribution is -0.149. The number of likely N-dealkylation sites (tertiary alicyclic amines) is 1. The predicted molar refractivity (Wildman–Crippen MR) is 120 cm³/mol. The van der Waals surface area contributed by atoms with Crippen LogP contribution >= 0.6 is 23.1 Å². The van der Waals surface area contributed by atoms with Gasteiger partial charge < -0.3 is 14.8 Å². The van der Waals surface area contributed by atoms with Crippen LogP contribution in [-0.4, -0.2) is 51.2 Å². The van der Waals surface area contributed by atoms with E-state index >= 15 is 0 Å². The molecular weight excluding hydrogens is 464 g/mol. The fourth-order valence-electron chi connectivity index (χ4n) is 7.04. The number of nitrogens with one attached hydrogen (secondary N) is 1. The van der Waals surface area contributed by atoms with Gasteiger partial charge in [0.25, 0.3) is 0 Å². The lowest BCUT2D eigenvalue weighted by Crippen LogP contribution is -2.50. The molecular formula is C23H22N2O6S2. The number of aromatic amines is 1. The fraction of sp³-hybridized carbons (Fsp3) is 0.478. The molecule has 6 rings (SSSR count). The number of rotatable bonds is 4. The van der Waals surface area contributed by atoms with Crippen LogP contribution in [0.2, 0.25) is 0 Å². The Labute approximate surface area is 197 Å². The van der Waals surface area contributed by atoms with Crippen molar-refractivity contribution < 1.29 is 24.2 Å². The normalized spacial score (nSPS) is 36.0. The molecule has 2 bridgehead atoms. The van der Waals surface area contributed by atoms with Gasteiger partial charge >= 0.3 is 10.8 Å². The second-order valence-electron chi connectivity index (χ2n) is 9.48. The summed E-state index contributed by atoms with van der Waals surface area (Å²) in [5.41, 5.74) is 1.05. The summed E-state index contributed by atoms with van der Waals surface area (Å²) in [7, 11) is 1.61. The summed E-state index contributed by atoms with van der Waals surface area (Å²) in [5.74, 6) is -2.28. The molecule has 33 heavy (non-hydrogen) atoms. The number of nitrogens with zero attached hydrogens (tertiary/aromatic N) is 1. The number of thioether (sulfide) groups is 1. The maximum atomic E-state index is 13.2. The zero-order valence-corrected chi connectivity index (χ0v) is 19.6. The molecule has 10 heteroatoms. The number of methoxy groups -OCH3 is 1. The van der Waals surface area contributed by atoms with E-state index in [4.69, 9.17) is 4.74 Å². The van der Waals surface area contributed by atoms with Crippen LogP contribution in [0.25, 0.3) is 0 Å². The number of carbonyl (C=O) groups is 3. The molecule has 2 saturated carbocycles. The number of ether oxygens (including phenoxy) is 1. The smallest absolute Gasteiger partial charge is 0.323 e. The predicted octanol–water partition coefficient (Wildman–Crippen LogP) is 2.39. The van der Waals surface area contributed by atoms with Crippen molar-refractivity contribution in [2.45, 2.75) is 29.0 Å². The topological polar surface area (TPSA) is 117 Å². The zero-order valence-electron chi connectivity index (χ0n) is 17.9. The molecule has 2 N–H and O–H groups in total. The van der Waals surface area contributed by atoms with E-state index < -0.39 is 24.3 Å². The summed E-state index contributed by atoms with van der Waals surface area (Å²) in [6.07, 6.45) is 0.758. The first kappa shape index (κ1) is 21.0. The maximum Gasteiger partial charge on any atom is 0.323 e. The van der Waals surface area contributed by atoms with E-state index in [0.29, 0.717) is 0 Å². The summed E-state index contributed by atoms with van der Waals surface area (Å²) in [5, 5.41) is 10.1. The van der Waals surface area contributed by atoms with Gasteiger partial charge in [0.1, 0.15) is 12.3 Å². The summed E-state index contributed by atoms with van der Waals surface area (Å²) < 4.78 is 4.96. The van der Waals surface area contributed by atoms with Crippen molar-refractivity contribution in [2.24, 2.45) is 29.6 Å². The van der Waals surface area contributed by atoms with Gasteiger partial charge in [-0.25, -0.2) is 0 Å². The number of carbonyl (C=O) groups excluding carboxylic acids is 2. The van der Waals surface area contributed by atoms with Crippen molar-refractivity contribution in [3.05, 3.63) is 44.4 Å². The van der Waals surface area contributed by atoms with Gasteiger partial charge in [0.2, 0.25) is 11.8 Å². The standard InChI is InChI=1S/C23H22N2O6S2/c1-23-12-7-11(15-16(12)21(29)25(20(15)28)8-13(26)27)17(23)14(9-3-5-10(31-2)6-4-9)18-19(33-23)24-22(30)32-18/h3-6,11-12,14-17H,7-8H2,1-2H3,(H,24,30)(H,26,27)/t11-,12-,14-,15-,16-,17-,23+/m0/s1. The second kappa shape index (κ2) is 6.96. The highest BCUT2D eigenvalue weighted by molar-refractivity contribution is 8.00. The summed E-state index contributed by atoms with van der Waals surface area (Å²) in [6.45, 7) is 1.57. The molecule has 2 amide bonds. The molecule has 2 aliphatic carbocycles. The van der Waals surface area contributed by atoms with Crippen molar-refractivity contribution in [3.8, 4) is 5.75 Å². The van der Waals surface area contributed by atoms with E-state index in [1.54, 1.807) is 18.9 Å². The third-order valence-corrected chi connectivity index (χ3v) is 10.8. The van der Waals surface area contributed by atoms with E-state index in [0.717, 1.165) is 32.5 Å². The van der Waals surface area contributed by atoms with Crippen LogP contribution in [0.5, 0.6) is 5.75 Å². The van der Waals surface area contributed by atoms with Crippen LogP contribution in [0.3, 0.4) is 0 Å². The molecule has 1 saturated heterocycles. The van der Waals surface area contributed by atoms with Gasteiger partial charge in [-0.15, -0.1) is 11.8 Å². The van der Waals surface area contributed by atoms with Crippen LogP contribution < -0.4 is 9.61 Å². The number of amides is 2. The number of hydrogen-bond donors (Lipinski definition) is 2. The first-order valence-electron chi connectivity index (χ1n) is 10.9. The minimum Gasteiger partial charge on any atom is -0.497 e. The number of aromatic nitrogens is 1. The monoisotopic (exact) mass is 486 g/mol. The van der Waals surface area contributed by atoms with Gasteiger partial charge in [-0.1, -0.05) is 23.5 Å². The van der Waals surface area contributed by atoms with Gasteiger partial charge in [-0.2, -0.15) is 0 Å². The van der Waals surface area contributed by atoms with E-state index in [1.807, 2.05) is 24.3 Å². The molecule has 8 nitrogen and oxygen atoms in total. The lowest BCUT2D eigenvalue weighted by Gasteiger charge is -2.50. The summed E-state index contributed by atoms with van der Waals surface area (Å²) in [6, 6.07) is 7.82. The number of thiazole rings is 1. The highest BCUT2D eigenvalue weighted by Crippen LogP contribution is 2.73. The highest BCUT2D eigenvalue weighted by atomic mass is 32.2. The molecule has 2 aliphatic heterocycles. The van der Waals surface area contributed by atoms with E-state index in [9.17, 15) is 24.3 Å². The maximum absolute atomic E-state index is 13.2. The minimum atomic E-state index is -1.18. The summed E-state index contributed by atoms with van der Waals surface area (Å²) in [4.78, 5) is 54.9. The third kappa shape index (κ3) is 2.70. The number of aliphatic carboxylic acids is 1. The Morgan fingerprint density at radius 1 is 1.21 bits per heavy atom.